The number of hydrogen-bond acceptors (Lipinski definition) is 8. The van der Waals surface area contributed by atoms with Gasteiger partial charge >= 0.3 is 0 Å². The predicted molar refractivity (Wildman–Crippen MR) is 127 cm³/mol. The smallest absolute Gasteiger partial charge is 0.269 e. The highest BCUT2D eigenvalue weighted by atomic mass is 32.2. The first-order chi connectivity index (χ1) is 16.3. The molecule has 1 fully saturated rings. The summed E-state index contributed by atoms with van der Waals surface area (Å²) in [5.41, 5.74) is 1.26. The Labute approximate surface area is 200 Å². The van der Waals surface area contributed by atoms with Crippen molar-refractivity contribution in [2.24, 2.45) is 5.92 Å². The fraction of sp³-hybridized carbons (Fsp3) is 0.273. The number of nitro benzene ring substituents is 1. The zero-order valence-corrected chi connectivity index (χ0v) is 19.8. The van der Waals surface area contributed by atoms with Crippen molar-refractivity contribution in [2.45, 2.75) is 17.7 Å². The van der Waals surface area contributed by atoms with Gasteiger partial charge in [0.05, 0.1) is 28.5 Å². The SMILES string of the molecule is COc1ccc(S(=O)(=O)N2CCCC(C(=O)Nc3nc(-c4ccc([N+](=O)[O-])cc4)cs3)C2)cc1. The van der Waals surface area contributed by atoms with Gasteiger partial charge in [-0.1, -0.05) is 0 Å². The van der Waals surface area contributed by atoms with Crippen molar-refractivity contribution in [3.63, 3.8) is 0 Å². The van der Waals surface area contributed by atoms with Gasteiger partial charge in [-0.25, -0.2) is 13.4 Å². The molecule has 0 radical (unpaired) electrons. The molecule has 1 unspecified atom stereocenters. The average molecular weight is 503 g/mol. The minimum Gasteiger partial charge on any atom is -0.497 e. The summed E-state index contributed by atoms with van der Waals surface area (Å²) in [7, 11) is -2.22. The van der Waals surface area contributed by atoms with Crippen LogP contribution >= 0.6 is 11.3 Å². The van der Waals surface area contributed by atoms with Crippen LogP contribution in [0.15, 0.2) is 58.8 Å². The number of rotatable bonds is 7. The molecule has 1 aliphatic rings. The van der Waals surface area contributed by atoms with E-state index in [1.165, 1.54) is 47.0 Å². The van der Waals surface area contributed by atoms with Gasteiger partial charge in [0.2, 0.25) is 15.9 Å². The molecule has 1 N–H and O–H groups in total. The van der Waals surface area contributed by atoms with Crippen molar-refractivity contribution in [1.82, 2.24) is 9.29 Å². The summed E-state index contributed by atoms with van der Waals surface area (Å²) in [4.78, 5) is 27.8. The molecule has 178 valence electrons. The summed E-state index contributed by atoms with van der Waals surface area (Å²) in [5.74, 6) is -0.237. The molecule has 1 atom stereocenters. The van der Waals surface area contributed by atoms with E-state index in [9.17, 15) is 23.3 Å². The van der Waals surface area contributed by atoms with E-state index in [-0.39, 0.29) is 23.0 Å². The molecule has 3 aromatic rings. The lowest BCUT2D eigenvalue weighted by atomic mass is 9.99. The van der Waals surface area contributed by atoms with Gasteiger partial charge in [-0.15, -0.1) is 11.3 Å². The van der Waals surface area contributed by atoms with E-state index < -0.39 is 20.9 Å². The van der Waals surface area contributed by atoms with Gasteiger partial charge in [0, 0.05) is 36.2 Å². The van der Waals surface area contributed by atoms with Crippen molar-refractivity contribution in [3.05, 3.63) is 64.0 Å². The summed E-state index contributed by atoms with van der Waals surface area (Å²) in [5, 5.41) is 15.7. The number of non-ortho nitro benzene ring substituents is 1. The second-order valence-electron chi connectivity index (χ2n) is 7.71. The van der Waals surface area contributed by atoms with Gasteiger partial charge in [0.25, 0.3) is 5.69 Å². The zero-order valence-electron chi connectivity index (χ0n) is 18.2. The lowest BCUT2D eigenvalue weighted by molar-refractivity contribution is -0.384. The third-order valence-electron chi connectivity index (χ3n) is 5.56. The number of carbonyl (C=O) groups is 1. The fourth-order valence-corrected chi connectivity index (χ4v) is 5.94. The number of sulfonamides is 1. The summed E-state index contributed by atoms with van der Waals surface area (Å²) in [6, 6.07) is 12.2. The molecule has 4 rings (SSSR count). The molecule has 1 aromatic heterocycles. The maximum Gasteiger partial charge on any atom is 0.269 e. The Hall–Kier alpha value is -3.35. The van der Waals surface area contributed by atoms with Crippen LogP contribution in [0.4, 0.5) is 10.8 Å². The van der Waals surface area contributed by atoms with E-state index in [2.05, 4.69) is 10.3 Å². The fourth-order valence-electron chi connectivity index (χ4n) is 3.70. The highest BCUT2D eigenvalue weighted by Crippen LogP contribution is 2.29. The van der Waals surface area contributed by atoms with Crippen LogP contribution < -0.4 is 10.1 Å². The molecule has 0 spiro atoms. The van der Waals surface area contributed by atoms with Gasteiger partial charge < -0.3 is 10.1 Å². The third kappa shape index (κ3) is 5.08. The number of piperidine rings is 1. The van der Waals surface area contributed by atoms with Crippen LogP contribution in [-0.4, -0.2) is 48.7 Å². The number of benzene rings is 2. The standard InChI is InChI=1S/C22H22N4O6S2/c1-32-18-8-10-19(11-9-18)34(30,31)25-12-2-3-16(13-25)21(27)24-22-23-20(14-33-22)15-4-6-17(7-5-15)26(28)29/h4-11,14,16H,2-3,12-13H2,1H3,(H,23,24,27). The van der Waals surface area contributed by atoms with Crippen molar-refractivity contribution >= 4 is 38.1 Å². The van der Waals surface area contributed by atoms with Crippen LogP contribution in [0.5, 0.6) is 5.75 Å². The highest BCUT2D eigenvalue weighted by Gasteiger charge is 2.33. The van der Waals surface area contributed by atoms with Gasteiger partial charge in [-0.05, 0) is 49.2 Å². The number of nitrogens with zero attached hydrogens (tertiary/aromatic N) is 3. The van der Waals surface area contributed by atoms with E-state index in [0.717, 1.165) is 0 Å². The zero-order chi connectivity index (χ0) is 24.3. The first kappa shape index (κ1) is 23.8. The van der Waals surface area contributed by atoms with Gasteiger partial charge in [0.15, 0.2) is 5.13 Å². The van der Waals surface area contributed by atoms with Crippen molar-refractivity contribution < 1.29 is 22.9 Å². The molecular formula is C22H22N4O6S2. The van der Waals surface area contributed by atoms with Crippen LogP contribution in [0.1, 0.15) is 12.8 Å². The number of thiazole rings is 1. The molecule has 2 aromatic carbocycles. The Morgan fingerprint density at radius 2 is 1.91 bits per heavy atom. The summed E-state index contributed by atoms with van der Waals surface area (Å²) in [6.45, 7) is 0.431. The van der Waals surface area contributed by atoms with Crippen molar-refractivity contribution in [1.29, 1.82) is 0 Å². The number of nitrogens with one attached hydrogen (secondary N) is 1. The molecule has 12 heteroatoms. The van der Waals surface area contributed by atoms with Crippen LogP contribution in [-0.2, 0) is 14.8 Å². The Bertz CT molecular complexity index is 1290. The van der Waals surface area contributed by atoms with Gasteiger partial charge in [-0.2, -0.15) is 4.31 Å². The summed E-state index contributed by atoms with van der Waals surface area (Å²) in [6.07, 6.45) is 1.14. The van der Waals surface area contributed by atoms with E-state index in [4.69, 9.17) is 4.74 Å². The van der Waals surface area contributed by atoms with Crippen molar-refractivity contribution in [3.8, 4) is 17.0 Å². The molecule has 1 amide bonds. The lowest BCUT2D eigenvalue weighted by Gasteiger charge is -2.31. The Morgan fingerprint density at radius 1 is 1.21 bits per heavy atom. The third-order valence-corrected chi connectivity index (χ3v) is 8.20. The molecule has 0 bridgehead atoms. The number of carbonyl (C=O) groups excluding carboxylic acids is 1. The maximum atomic E-state index is 13.0. The van der Waals surface area contributed by atoms with E-state index in [0.29, 0.717) is 41.5 Å². The van der Waals surface area contributed by atoms with Gasteiger partial charge in [0.1, 0.15) is 5.75 Å². The second-order valence-corrected chi connectivity index (χ2v) is 10.5. The van der Waals surface area contributed by atoms with Gasteiger partial charge in [-0.3, -0.25) is 14.9 Å². The molecule has 34 heavy (non-hydrogen) atoms. The Morgan fingerprint density at radius 3 is 2.56 bits per heavy atom. The normalized spacial score (nSPS) is 16.7. The van der Waals surface area contributed by atoms with Crippen LogP contribution in [0.25, 0.3) is 11.3 Å². The molecule has 0 saturated carbocycles. The van der Waals surface area contributed by atoms with E-state index in [1.807, 2.05) is 0 Å². The quantitative estimate of drug-likeness (QED) is 0.384. The number of nitro groups is 1. The number of anilines is 1. The first-order valence-electron chi connectivity index (χ1n) is 10.4. The molecule has 1 saturated heterocycles. The number of methoxy groups -OCH3 is 1. The van der Waals surface area contributed by atoms with Crippen molar-refractivity contribution in [2.75, 3.05) is 25.5 Å². The highest BCUT2D eigenvalue weighted by molar-refractivity contribution is 7.89. The Balaban J connectivity index is 1.42. The number of aromatic nitrogens is 1. The second kappa shape index (κ2) is 9.87. The molecule has 2 heterocycles. The minimum absolute atomic E-state index is 0.0149. The molecule has 1 aliphatic heterocycles. The summed E-state index contributed by atoms with van der Waals surface area (Å²) < 4.78 is 32.5. The number of hydrogen-bond donors (Lipinski definition) is 1. The topological polar surface area (TPSA) is 132 Å². The molecule has 10 nitrogen and oxygen atoms in total. The number of ether oxygens (including phenoxy) is 1. The lowest BCUT2D eigenvalue weighted by Crippen LogP contribution is -2.43. The summed E-state index contributed by atoms with van der Waals surface area (Å²) >= 11 is 1.23. The maximum absolute atomic E-state index is 13.0. The largest absolute Gasteiger partial charge is 0.497 e. The minimum atomic E-state index is -3.73. The molecule has 0 aliphatic carbocycles. The van der Waals surface area contributed by atoms with E-state index >= 15 is 0 Å². The monoisotopic (exact) mass is 502 g/mol. The first-order valence-corrected chi connectivity index (χ1v) is 12.8. The number of amides is 1. The average Bonchev–Trinajstić information content (AvgIpc) is 3.32. The van der Waals surface area contributed by atoms with E-state index in [1.54, 1.807) is 29.6 Å². The Kier molecular flexibility index (Phi) is 6.91. The van der Waals surface area contributed by atoms with Crippen LogP contribution in [0, 0.1) is 16.0 Å². The van der Waals surface area contributed by atoms with Crippen LogP contribution in [0.3, 0.4) is 0 Å². The molecular weight excluding hydrogens is 480 g/mol. The predicted octanol–water partition coefficient (Wildman–Crippen LogP) is 3.77. The van der Waals surface area contributed by atoms with Crippen LogP contribution in [0.2, 0.25) is 0 Å².